The maximum atomic E-state index is 11.8. The molecule has 0 aliphatic heterocycles. The zero-order valence-electron chi connectivity index (χ0n) is 13.8. The number of rotatable bonds is 12. The van der Waals surface area contributed by atoms with E-state index in [2.05, 4.69) is 12.2 Å². The highest BCUT2D eigenvalue weighted by molar-refractivity contribution is 5.78. The van der Waals surface area contributed by atoms with Gasteiger partial charge < -0.3 is 15.8 Å². The lowest BCUT2D eigenvalue weighted by atomic mass is 10.1. The summed E-state index contributed by atoms with van der Waals surface area (Å²) >= 11 is 0. The molecule has 1 amide bonds. The minimum Gasteiger partial charge on any atom is -0.492 e. The highest BCUT2D eigenvalue weighted by Crippen LogP contribution is 2.12. The van der Waals surface area contributed by atoms with Gasteiger partial charge in [-0.25, -0.2) is 0 Å². The number of nitrogens with two attached hydrogens (primary N) is 1. The zero-order chi connectivity index (χ0) is 16.0. The van der Waals surface area contributed by atoms with Crippen LogP contribution in [0.25, 0.3) is 0 Å². The molecule has 0 fully saturated rings. The summed E-state index contributed by atoms with van der Waals surface area (Å²) in [7, 11) is 0. The van der Waals surface area contributed by atoms with Crippen molar-refractivity contribution in [2.75, 3.05) is 19.7 Å². The van der Waals surface area contributed by atoms with E-state index in [1.54, 1.807) is 0 Å². The molecular formula is C18H30N2O2. The predicted octanol–water partition coefficient (Wildman–Crippen LogP) is 3.04. The Morgan fingerprint density at radius 2 is 1.77 bits per heavy atom. The number of amides is 1. The monoisotopic (exact) mass is 306 g/mol. The van der Waals surface area contributed by atoms with Crippen LogP contribution in [0.1, 0.15) is 51.0 Å². The molecule has 1 aromatic carbocycles. The van der Waals surface area contributed by atoms with Gasteiger partial charge in [-0.2, -0.15) is 0 Å². The van der Waals surface area contributed by atoms with Crippen LogP contribution >= 0.6 is 0 Å². The van der Waals surface area contributed by atoms with Crippen LogP contribution in [0.2, 0.25) is 0 Å². The molecule has 0 heterocycles. The maximum Gasteiger partial charge on any atom is 0.224 e. The summed E-state index contributed by atoms with van der Waals surface area (Å²) in [6.07, 6.45) is 7.86. The second-order valence-electron chi connectivity index (χ2n) is 5.58. The first-order chi connectivity index (χ1) is 10.8. The summed E-state index contributed by atoms with van der Waals surface area (Å²) in [6.45, 7) is 4.01. The Balaban J connectivity index is 2.13. The van der Waals surface area contributed by atoms with Gasteiger partial charge in [-0.3, -0.25) is 4.79 Å². The third-order valence-corrected chi connectivity index (χ3v) is 3.53. The van der Waals surface area contributed by atoms with E-state index in [0.717, 1.165) is 24.3 Å². The van der Waals surface area contributed by atoms with Crippen molar-refractivity contribution >= 4 is 5.91 Å². The average Bonchev–Trinajstić information content (AvgIpc) is 2.53. The molecule has 1 aromatic rings. The van der Waals surface area contributed by atoms with E-state index in [9.17, 15) is 4.79 Å². The Kier molecular flexibility index (Phi) is 10.1. The van der Waals surface area contributed by atoms with E-state index in [-0.39, 0.29) is 5.91 Å². The van der Waals surface area contributed by atoms with Crippen LogP contribution in [0, 0.1) is 0 Å². The van der Waals surface area contributed by atoms with Gasteiger partial charge in [0.1, 0.15) is 12.4 Å². The molecule has 0 bridgehead atoms. The first kappa shape index (κ1) is 18.5. The third-order valence-electron chi connectivity index (χ3n) is 3.53. The minimum atomic E-state index is 0.0872. The summed E-state index contributed by atoms with van der Waals surface area (Å²) in [5, 5.41) is 2.98. The fourth-order valence-corrected chi connectivity index (χ4v) is 2.26. The maximum absolute atomic E-state index is 11.8. The average molecular weight is 306 g/mol. The van der Waals surface area contributed by atoms with Crippen molar-refractivity contribution in [3.05, 3.63) is 29.8 Å². The van der Waals surface area contributed by atoms with Gasteiger partial charge >= 0.3 is 0 Å². The predicted molar refractivity (Wildman–Crippen MR) is 91.1 cm³/mol. The fourth-order valence-electron chi connectivity index (χ4n) is 2.26. The lowest BCUT2D eigenvalue weighted by molar-refractivity contribution is -0.120. The van der Waals surface area contributed by atoms with Gasteiger partial charge in [0.15, 0.2) is 0 Å². The van der Waals surface area contributed by atoms with Gasteiger partial charge in [0.2, 0.25) is 5.91 Å². The Labute approximate surface area is 134 Å². The molecule has 4 heteroatoms. The standard InChI is InChI=1S/C18H30N2O2/c1-2-3-4-5-6-7-13-20-18(21)15-16-8-10-17(11-9-16)22-14-12-19/h8-11H,2-7,12-15,19H2,1H3,(H,20,21). The molecule has 22 heavy (non-hydrogen) atoms. The number of ether oxygens (including phenoxy) is 1. The fraction of sp³-hybridized carbons (Fsp3) is 0.611. The summed E-state index contributed by atoms with van der Waals surface area (Å²) in [5.41, 5.74) is 6.39. The van der Waals surface area contributed by atoms with Crippen molar-refractivity contribution in [2.45, 2.75) is 51.9 Å². The molecule has 0 radical (unpaired) electrons. The highest BCUT2D eigenvalue weighted by atomic mass is 16.5. The van der Waals surface area contributed by atoms with Crippen molar-refractivity contribution in [1.29, 1.82) is 0 Å². The highest BCUT2D eigenvalue weighted by Gasteiger charge is 2.03. The first-order valence-corrected chi connectivity index (χ1v) is 8.44. The normalized spacial score (nSPS) is 10.5. The van der Waals surface area contributed by atoms with E-state index in [4.69, 9.17) is 10.5 Å². The SMILES string of the molecule is CCCCCCCCNC(=O)Cc1ccc(OCCN)cc1. The Morgan fingerprint density at radius 1 is 1.09 bits per heavy atom. The largest absolute Gasteiger partial charge is 0.492 e. The first-order valence-electron chi connectivity index (χ1n) is 8.44. The minimum absolute atomic E-state index is 0.0872. The molecule has 0 aliphatic rings. The van der Waals surface area contributed by atoms with Gasteiger partial charge in [-0.15, -0.1) is 0 Å². The molecule has 0 unspecified atom stereocenters. The smallest absolute Gasteiger partial charge is 0.224 e. The molecule has 0 saturated heterocycles. The lowest BCUT2D eigenvalue weighted by Crippen LogP contribution is -2.26. The van der Waals surface area contributed by atoms with Crippen molar-refractivity contribution < 1.29 is 9.53 Å². The summed E-state index contributed by atoms with van der Waals surface area (Å²) in [6, 6.07) is 7.62. The quantitative estimate of drug-likeness (QED) is 0.583. The molecule has 124 valence electrons. The van der Waals surface area contributed by atoms with Crippen molar-refractivity contribution in [2.24, 2.45) is 5.73 Å². The number of unbranched alkanes of at least 4 members (excludes halogenated alkanes) is 5. The van der Waals surface area contributed by atoms with Gasteiger partial charge in [0.05, 0.1) is 6.42 Å². The third kappa shape index (κ3) is 8.67. The summed E-state index contributed by atoms with van der Waals surface area (Å²) < 4.78 is 5.41. The van der Waals surface area contributed by atoms with E-state index < -0.39 is 0 Å². The molecular weight excluding hydrogens is 276 g/mol. The zero-order valence-corrected chi connectivity index (χ0v) is 13.8. The van der Waals surface area contributed by atoms with Crippen LogP contribution in [0.5, 0.6) is 5.75 Å². The molecule has 0 atom stereocenters. The molecule has 3 N–H and O–H groups in total. The number of hydrogen-bond acceptors (Lipinski definition) is 3. The molecule has 0 spiro atoms. The van der Waals surface area contributed by atoms with Crippen molar-refractivity contribution in [3.8, 4) is 5.75 Å². The van der Waals surface area contributed by atoms with Crippen molar-refractivity contribution in [1.82, 2.24) is 5.32 Å². The molecule has 0 aromatic heterocycles. The van der Waals surface area contributed by atoms with E-state index in [1.807, 2.05) is 24.3 Å². The van der Waals surface area contributed by atoms with Crippen molar-refractivity contribution in [3.63, 3.8) is 0 Å². The van der Waals surface area contributed by atoms with Crippen LogP contribution in [-0.4, -0.2) is 25.6 Å². The van der Waals surface area contributed by atoms with Gasteiger partial charge in [0.25, 0.3) is 0 Å². The number of benzene rings is 1. The van der Waals surface area contributed by atoms with E-state index in [1.165, 1.54) is 32.1 Å². The van der Waals surface area contributed by atoms with Gasteiger partial charge in [-0.1, -0.05) is 51.2 Å². The topological polar surface area (TPSA) is 64.3 Å². The number of carbonyl (C=O) groups excluding carboxylic acids is 1. The van der Waals surface area contributed by atoms with E-state index in [0.29, 0.717) is 19.6 Å². The number of carbonyl (C=O) groups is 1. The van der Waals surface area contributed by atoms with Crippen LogP contribution < -0.4 is 15.8 Å². The van der Waals surface area contributed by atoms with E-state index >= 15 is 0 Å². The van der Waals surface area contributed by atoms with Crippen LogP contribution in [-0.2, 0) is 11.2 Å². The second kappa shape index (κ2) is 12.0. The van der Waals surface area contributed by atoms with Crippen LogP contribution in [0.15, 0.2) is 24.3 Å². The lowest BCUT2D eigenvalue weighted by Gasteiger charge is -2.07. The second-order valence-corrected chi connectivity index (χ2v) is 5.58. The number of hydrogen-bond donors (Lipinski definition) is 2. The number of nitrogens with one attached hydrogen (secondary N) is 1. The molecule has 0 saturated carbocycles. The molecule has 1 rings (SSSR count). The Bertz CT molecular complexity index is 404. The molecule has 0 aliphatic carbocycles. The van der Waals surface area contributed by atoms with Gasteiger partial charge in [0, 0.05) is 13.1 Å². The summed E-state index contributed by atoms with van der Waals surface area (Å²) in [4.78, 5) is 11.8. The Hall–Kier alpha value is -1.55. The van der Waals surface area contributed by atoms with Crippen LogP contribution in [0.3, 0.4) is 0 Å². The van der Waals surface area contributed by atoms with Crippen LogP contribution in [0.4, 0.5) is 0 Å². The summed E-state index contributed by atoms with van der Waals surface area (Å²) in [5.74, 6) is 0.880. The van der Waals surface area contributed by atoms with Gasteiger partial charge in [-0.05, 0) is 24.1 Å². The molecule has 4 nitrogen and oxygen atoms in total. The Morgan fingerprint density at radius 3 is 2.45 bits per heavy atom.